The normalized spacial score (nSPS) is 12.9. The fourth-order valence-corrected chi connectivity index (χ4v) is 1.42. The second kappa shape index (κ2) is 4.84. The molecular formula is C11H6F4N2. The average molecular weight is 242 g/mol. The molecule has 0 aliphatic heterocycles. The highest BCUT2D eigenvalue weighted by molar-refractivity contribution is 5.27. The topological polar surface area (TPSA) is 47.6 Å². The van der Waals surface area contributed by atoms with Gasteiger partial charge in [-0.2, -0.15) is 23.7 Å². The van der Waals surface area contributed by atoms with Crippen molar-refractivity contribution in [2.45, 2.75) is 12.1 Å². The maximum absolute atomic E-state index is 12.7. The van der Waals surface area contributed by atoms with E-state index in [4.69, 9.17) is 10.5 Å². The van der Waals surface area contributed by atoms with Crippen LogP contribution < -0.4 is 0 Å². The molecule has 0 spiro atoms. The minimum atomic E-state index is -4.73. The lowest BCUT2D eigenvalue weighted by Crippen LogP contribution is -2.27. The van der Waals surface area contributed by atoms with Crippen LogP contribution in [0.4, 0.5) is 17.6 Å². The molecule has 0 aliphatic rings. The lowest BCUT2D eigenvalue weighted by Gasteiger charge is -2.20. The Morgan fingerprint density at radius 3 is 1.82 bits per heavy atom. The van der Waals surface area contributed by atoms with Gasteiger partial charge in [0.1, 0.15) is 17.7 Å². The van der Waals surface area contributed by atoms with Crippen LogP contribution in [-0.4, -0.2) is 6.18 Å². The first-order chi connectivity index (χ1) is 7.90. The van der Waals surface area contributed by atoms with E-state index in [2.05, 4.69) is 0 Å². The maximum atomic E-state index is 12.7. The van der Waals surface area contributed by atoms with Crippen molar-refractivity contribution in [2.75, 3.05) is 0 Å². The Labute approximate surface area is 94.7 Å². The summed E-state index contributed by atoms with van der Waals surface area (Å²) in [4.78, 5) is 0. The summed E-state index contributed by atoms with van der Waals surface area (Å²) in [5.41, 5.74) is -0.299. The molecule has 1 aromatic carbocycles. The van der Waals surface area contributed by atoms with E-state index < -0.39 is 23.8 Å². The molecular weight excluding hydrogens is 236 g/mol. The summed E-state index contributed by atoms with van der Waals surface area (Å²) < 4.78 is 50.8. The maximum Gasteiger partial charge on any atom is 0.398 e. The van der Waals surface area contributed by atoms with Crippen molar-refractivity contribution in [3.63, 3.8) is 0 Å². The molecule has 0 radical (unpaired) electrons. The van der Waals surface area contributed by atoms with E-state index in [1.54, 1.807) is 0 Å². The zero-order valence-corrected chi connectivity index (χ0v) is 8.37. The van der Waals surface area contributed by atoms with Crippen LogP contribution in [0, 0.1) is 34.4 Å². The van der Waals surface area contributed by atoms with E-state index in [-0.39, 0.29) is 5.56 Å². The highest BCUT2D eigenvalue weighted by Crippen LogP contribution is 2.40. The molecule has 88 valence electrons. The van der Waals surface area contributed by atoms with E-state index in [0.717, 1.165) is 24.3 Å². The van der Waals surface area contributed by atoms with Crippen molar-refractivity contribution in [1.82, 2.24) is 0 Å². The molecule has 17 heavy (non-hydrogen) atoms. The third-order valence-corrected chi connectivity index (χ3v) is 2.19. The highest BCUT2D eigenvalue weighted by atomic mass is 19.4. The van der Waals surface area contributed by atoms with Crippen LogP contribution in [0.2, 0.25) is 0 Å². The summed E-state index contributed by atoms with van der Waals surface area (Å²) in [7, 11) is 0. The fraction of sp³-hybridized carbons (Fsp3) is 0.273. The molecule has 0 saturated carbocycles. The number of hydrogen-bond donors (Lipinski definition) is 0. The zero-order valence-electron chi connectivity index (χ0n) is 8.37. The van der Waals surface area contributed by atoms with E-state index in [0.29, 0.717) is 0 Å². The number of nitrogens with zero attached hydrogens (tertiary/aromatic N) is 2. The van der Waals surface area contributed by atoms with Gasteiger partial charge in [0, 0.05) is 0 Å². The van der Waals surface area contributed by atoms with Crippen LogP contribution in [-0.2, 0) is 0 Å². The smallest absolute Gasteiger partial charge is 0.207 e. The molecule has 0 amide bonds. The molecule has 0 N–H and O–H groups in total. The van der Waals surface area contributed by atoms with Crippen molar-refractivity contribution in [3.05, 3.63) is 35.6 Å². The van der Waals surface area contributed by atoms with E-state index in [9.17, 15) is 17.6 Å². The Balaban J connectivity index is 3.22. The standard InChI is InChI=1S/C11H6F4N2/c12-9-3-1-7(2-4-9)10(11(13,14)15)8(5-16)6-17/h1-4,8,10H. The second-order valence-corrected chi connectivity index (χ2v) is 3.31. The first-order valence-corrected chi connectivity index (χ1v) is 4.51. The van der Waals surface area contributed by atoms with Crippen LogP contribution in [0.1, 0.15) is 11.5 Å². The molecule has 0 heterocycles. The van der Waals surface area contributed by atoms with E-state index in [1.807, 2.05) is 0 Å². The molecule has 6 heteroatoms. The summed E-state index contributed by atoms with van der Waals surface area (Å²) in [6, 6.07) is 6.17. The molecule has 2 nitrogen and oxygen atoms in total. The molecule has 0 saturated heterocycles. The Hall–Kier alpha value is -2.08. The number of nitriles is 2. The van der Waals surface area contributed by atoms with Gasteiger partial charge in [0.2, 0.25) is 0 Å². The van der Waals surface area contributed by atoms with Gasteiger partial charge in [-0.1, -0.05) is 12.1 Å². The predicted octanol–water partition coefficient (Wildman–Crippen LogP) is 3.13. The molecule has 0 bridgehead atoms. The summed E-state index contributed by atoms with van der Waals surface area (Å²) in [5, 5.41) is 17.1. The van der Waals surface area contributed by atoms with Gasteiger partial charge in [-0.25, -0.2) is 4.39 Å². The van der Waals surface area contributed by atoms with Gasteiger partial charge in [-0.05, 0) is 17.7 Å². The number of halogens is 4. The Kier molecular flexibility index (Phi) is 3.69. The molecule has 1 unspecified atom stereocenters. The van der Waals surface area contributed by atoms with Crippen LogP contribution in [0.3, 0.4) is 0 Å². The van der Waals surface area contributed by atoms with Crippen molar-refractivity contribution < 1.29 is 17.6 Å². The summed E-state index contributed by atoms with van der Waals surface area (Å²) >= 11 is 0. The van der Waals surface area contributed by atoms with Crippen molar-refractivity contribution in [3.8, 4) is 12.1 Å². The first-order valence-electron chi connectivity index (χ1n) is 4.51. The Morgan fingerprint density at radius 1 is 1.00 bits per heavy atom. The molecule has 0 aromatic heterocycles. The predicted molar refractivity (Wildman–Crippen MR) is 49.9 cm³/mol. The van der Waals surface area contributed by atoms with Gasteiger partial charge < -0.3 is 0 Å². The number of hydrogen-bond acceptors (Lipinski definition) is 2. The largest absolute Gasteiger partial charge is 0.398 e. The Bertz CT molecular complexity index is 450. The van der Waals surface area contributed by atoms with Gasteiger partial charge in [0.05, 0.1) is 12.1 Å². The molecule has 1 aromatic rings. The molecule has 1 rings (SSSR count). The van der Waals surface area contributed by atoms with E-state index in [1.165, 1.54) is 12.1 Å². The van der Waals surface area contributed by atoms with Crippen molar-refractivity contribution in [2.24, 2.45) is 5.92 Å². The number of alkyl halides is 3. The quantitative estimate of drug-likeness (QED) is 0.748. The SMILES string of the molecule is N#CC(C#N)C(c1ccc(F)cc1)C(F)(F)F. The third kappa shape index (κ3) is 2.94. The zero-order chi connectivity index (χ0) is 13.1. The van der Waals surface area contributed by atoms with E-state index >= 15 is 0 Å². The molecule has 1 atom stereocenters. The minimum Gasteiger partial charge on any atom is -0.207 e. The van der Waals surface area contributed by atoms with Crippen LogP contribution in [0.25, 0.3) is 0 Å². The lowest BCUT2D eigenvalue weighted by molar-refractivity contribution is -0.154. The highest BCUT2D eigenvalue weighted by Gasteiger charge is 2.46. The summed E-state index contributed by atoms with van der Waals surface area (Å²) in [6.45, 7) is 0. The van der Waals surface area contributed by atoms with Gasteiger partial charge in [-0.3, -0.25) is 0 Å². The van der Waals surface area contributed by atoms with Gasteiger partial charge in [-0.15, -0.1) is 0 Å². The molecule has 0 aliphatic carbocycles. The fourth-order valence-electron chi connectivity index (χ4n) is 1.42. The second-order valence-electron chi connectivity index (χ2n) is 3.31. The first kappa shape index (κ1) is 13.0. The van der Waals surface area contributed by atoms with Gasteiger partial charge in [0.25, 0.3) is 0 Å². The van der Waals surface area contributed by atoms with Gasteiger partial charge in [0.15, 0.2) is 0 Å². The number of benzene rings is 1. The number of rotatable bonds is 2. The third-order valence-electron chi connectivity index (χ3n) is 2.19. The Morgan fingerprint density at radius 2 is 1.47 bits per heavy atom. The minimum absolute atomic E-state index is 0.299. The summed E-state index contributed by atoms with van der Waals surface area (Å²) in [5.74, 6) is -4.75. The van der Waals surface area contributed by atoms with Crippen LogP contribution in [0.5, 0.6) is 0 Å². The van der Waals surface area contributed by atoms with Gasteiger partial charge >= 0.3 is 6.18 Å². The van der Waals surface area contributed by atoms with Crippen molar-refractivity contribution in [1.29, 1.82) is 10.5 Å². The van der Waals surface area contributed by atoms with Crippen molar-refractivity contribution >= 4 is 0 Å². The lowest BCUT2D eigenvalue weighted by atomic mass is 9.87. The van der Waals surface area contributed by atoms with Crippen LogP contribution >= 0.6 is 0 Å². The monoisotopic (exact) mass is 242 g/mol. The molecule has 0 fully saturated rings. The summed E-state index contributed by atoms with van der Waals surface area (Å²) in [6.07, 6.45) is -4.73. The average Bonchev–Trinajstić information content (AvgIpc) is 2.26. The van der Waals surface area contributed by atoms with Crippen LogP contribution in [0.15, 0.2) is 24.3 Å².